The number of aromatic nitrogens is 2. The molecule has 3 aromatic rings. The predicted molar refractivity (Wildman–Crippen MR) is 115 cm³/mol. The summed E-state index contributed by atoms with van der Waals surface area (Å²) in [5.74, 6) is 1.04. The molecule has 4 rings (SSSR count). The molecule has 1 fully saturated rings. The molecule has 7 heteroatoms. The molecule has 0 aliphatic carbocycles. The molecule has 6 nitrogen and oxygen atoms in total. The van der Waals surface area contributed by atoms with Gasteiger partial charge >= 0.3 is 0 Å². The number of morpholine rings is 1. The molecule has 1 aliphatic rings. The van der Waals surface area contributed by atoms with E-state index in [-0.39, 0.29) is 0 Å². The smallest absolute Gasteiger partial charge is 0.142 e. The van der Waals surface area contributed by atoms with Gasteiger partial charge in [-0.3, -0.25) is 4.90 Å². The molecule has 2 aromatic carbocycles. The second kappa shape index (κ2) is 9.39. The minimum atomic E-state index is 0.416. The molecule has 0 bridgehead atoms. The van der Waals surface area contributed by atoms with Gasteiger partial charge in [0.1, 0.15) is 12.4 Å². The Morgan fingerprint density at radius 2 is 1.90 bits per heavy atom. The Labute approximate surface area is 175 Å². The second-order valence-electron chi connectivity index (χ2n) is 7.22. The number of para-hydroxylation sites is 2. The van der Waals surface area contributed by atoms with Crippen molar-refractivity contribution in [2.45, 2.75) is 26.6 Å². The Morgan fingerprint density at radius 1 is 1.14 bits per heavy atom. The molecule has 0 atom stereocenters. The molecule has 29 heavy (non-hydrogen) atoms. The molecule has 1 aliphatic heterocycles. The summed E-state index contributed by atoms with van der Waals surface area (Å²) in [6.07, 6.45) is 0. The van der Waals surface area contributed by atoms with Crippen molar-refractivity contribution < 1.29 is 9.57 Å². The number of nitrogens with zero attached hydrogens (tertiary/aromatic N) is 4. The van der Waals surface area contributed by atoms with E-state index in [1.165, 1.54) is 0 Å². The SMILES string of the molecule is C/C(Cn1c(CN2CCOCC2)nc2ccccc21)=N\OCc1ccc(Cl)cc1. The highest BCUT2D eigenvalue weighted by molar-refractivity contribution is 6.30. The lowest BCUT2D eigenvalue weighted by molar-refractivity contribution is 0.0327. The van der Waals surface area contributed by atoms with Crippen LogP contribution < -0.4 is 0 Å². The summed E-state index contributed by atoms with van der Waals surface area (Å²) in [5, 5.41) is 5.03. The number of imidazole rings is 1. The summed E-state index contributed by atoms with van der Waals surface area (Å²) in [5.41, 5.74) is 4.05. The van der Waals surface area contributed by atoms with Crippen LogP contribution in [0, 0.1) is 0 Å². The number of benzene rings is 2. The van der Waals surface area contributed by atoms with Gasteiger partial charge in [0, 0.05) is 18.1 Å². The van der Waals surface area contributed by atoms with Crippen molar-refractivity contribution in [2.24, 2.45) is 5.16 Å². The Balaban J connectivity index is 1.47. The van der Waals surface area contributed by atoms with E-state index in [4.69, 9.17) is 26.2 Å². The molecule has 0 N–H and O–H groups in total. The lowest BCUT2D eigenvalue weighted by Crippen LogP contribution is -2.36. The van der Waals surface area contributed by atoms with E-state index < -0.39 is 0 Å². The van der Waals surface area contributed by atoms with Gasteiger partial charge in [-0.25, -0.2) is 4.98 Å². The number of ether oxygens (including phenoxy) is 1. The Hall–Kier alpha value is -2.41. The quantitative estimate of drug-likeness (QED) is 0.432. The van der Waals surface area contributed by atoms with Gasteiger partial charge in [-0.15, -0.1) is 0 Å². The third-order valence-electron chi connectivity index (χ3n) is 4.95. The van der Waals surface area contributed by atoms with E-state index in [9.17, 15) is 0 Å². The highest BCUT2D eigenvalue weighted by Crippen LogP contribution is 2.18. The van der Waals surface area contributed by atoms with Gasteiger partial charge < -0.3 is 14.1 Å². The Bertz CT molecular complexity index is 978. The molecule has 0 spiro atoms. The standard InChI is InChI=1S/C22H25ClN4O2/c1-17(25-29-16-18-6-8-19(23)9-7-18)14-27-21-5-3-2-4-20(21)24-22(27)15-26-10-12-28-13-11-26/h2-9H,10-16H2,1H3/b25-17+. The molecule has 0 amide bonds. The average molecular weight is 413 g/mol. The maximum atomic E-state index is 5.92. The van der Waals surface area contributed by atoms with Crippen LogP contribution in [0.4, 0.5) is 0 Å². The highest BCUT2D eigenvalue weighted by Gasteiger charge is 2.17. The largest absolute Gasteiger partial charge is 0.391 e. The fraction of sp³-hybridized carbons (Fsp3) is 0.364. The van der Waals surface area contributed by atoms with Crippen LogP contribution in [0.2, 0.25) is 5.02 Å². The molecular formula is C22H25ClN4O2. The summed E-state index contributed by atoms with van der Waals surface area (Å²) < 4.78 is 7.70. The Morgan fingerprint density at radius 3 is 2.69 bits per heavy atom. The normalized spacial score (nSPS) is 15.7. The molecule has 0 unspecified atom stereocenters. The van der Waals surface area contributed by atoms with Gasteiger partial charge in [0.2, 0.25) is 0 Å². The first-order valence-electron chi connectivity index (χ1n) is 9.83. The maximum absolute atomic E-state index is 5.92. The van der Waals surface area contributed by atoms with Gasteiger partial charge in [0.15, 0.2) is 0 Å². The number of fused-ring (bicyclic) bond motifs is 1. The lowest BCUT2D eigenvalue weighted by atomic mass is 10.2. The van der Waals surface area contributed by atoms with Crippen molar-refractivity contribution in [3.63, 3.8) is 0 Å². The van der Waals surface area contributed by atoms with Crippen molar-refractivity contribution >= 4 is 28.3 Å². The van der Waals surface area contributed by atoms with Gasteiger partial charge in [0.25, 0.3) is 0 Å². The van der Waals surface area contributed by atoms with Gasteiger partial charge in [-0.05, 0) is 36.8 Å². The van der Waals surface area contributed by atoms with Crippen LogP contribution in [-0.4, -0.2) is 46.5 Å². The van der Waals surface area contributed by atoms with E-state index in [1.807, 2.05) is 43.3 Å². The Kier molecular flexibility index (Phi) is 6.44. The van der Waals surface area contributed by atoms with Gasteiger partial charge in [-0.1, -0.05) is 41.0 Å². The van der Waals surface area contributed by atoms with Crippen LogP contribution >= 0.6 is 11.6 Å². The van der Waals surface area contributed by atoms with Crippen molar-refractivity contribution in [3.8, 4) is 0 Å². The zero-order chi connectivity index (χ0) is 20.1. The summed E-state index contributed by atoms with van der Waals surface area (Å²) >= 11 is 5.92. The first-order valence-corrected chi connectivity index (χ1v) is 10.2. The molecular weight excluding hydrogens is 388 g/mol. The van der Waals surface area contributed by atoms with Crippen molar-refractivity contribution in [1.29, 1.82) is 0 Å². The zero-order valence-corrected chi connectivity index (χ0v) is 17.3. The summed E-state index contributed by atoms with van der Waals surface area (Å²) in [7, 11) is 0. The van der Waals surface area contributed by atoms with Crippen LogP contribution in [0.5, 0.6) is 0 Å². The average Bonchev–Trinajstić information content (AvgIpc) is 3.07. The molecule has 2 heterocycles. The molecule has 0 saturated carbocycles. The van der Waals surface area contributed by atoms with Gasteiger partial charge in [0.05, 0.1) is 43.0 Å². The topological polar surface area (TPSA) is 51.9 Å². The van der Waals surface area contributed by atoms with E-state index in [0.717, 1.165) is 61.0 Å². The number of oxime groups is 1. The lowest BCUT2D eigenvalue weighted by Gasteiger charge is -2.26. The summed E-state index contributed by atoms with van der Waals surface area (Å²) in [6, 6.07) is 15.8. The molecule has 152 valence electrons. The molecule has 1 saturated heterocycles. The fourth-order valence-corrected chi connectivity index (χ4v) is 3.56. The van der Waals surface area contributed by atoms with E-state index in [1.54, 1.807) is 0 Å². The first-order chi connectivity index (χ1) is 14.2. The number of halogens is 1. The van der Waals surface area contributed by atoms with E-state index in [2.05, 4.69) is 26.8 Å². The van der Waals surface area contributed by atoms with Crippen LogP contribution in [0.25, 0.3) is 11.0 Å². The zero-order valence-electron chi connectivity index (χ0n) is 16.6. The van der Waals surface area contributed by atoms with E-state index in [0.29, 0.717) is 18.2 Å². The third kappa shape index (κ3) is 5.15. The van der Waals surface area contributed by atoms with Gasteiger partial charge in [-0.2, -0.15) is 0 Å². The summed E-state index contributed by atoms with van der Waals surface area (Å²) in [6.45, 7) is 7.26. The molecule has 0 radical (unpaired) electrons. The van der Waals surface area contributed by atoms with Crippen LogP contribution in [0.1, 0.15) is 18.3 Å². The summed E-state index contributed by atoms with van der Waals surface area (Å²) in [4.78, 5) is 12.8. The van der Waals surface area contributed by atoms with Crippen LogP contribution in [-0.2, 0) is 29.3 Å². The van der Waals surface area contributed by atoms with Crippen molar-refractivity contribution in [1.82, 2.24) is 14.5 Å². The van der Waals surface area contributed by atoms with Crippen LogP contribution in [0.3, 0.4) is 0 Å². The van der Waals surface area contributed by atoms with Crippen molar-refractivity contribution in [3.05, 3.63) is 64.9 Å². The van der Waals surface area contributed by atoms with E-state index >= 15 is 0 Å². The number of rotatable bonds is 7. The maximum Gasteiger partial charge on any atom is 0.142 e. The third-order valence-corrected chi connectivity index (χ3v) is 5.21. The predicted octanol–water partition coefficient (Wildman–Crippen LogP) is 4.11. The number of hydrogen-bond acceptors (Lipinski definition) is 5. The van der Waals surface area contributed by atoms with Crippen LogP contribution in [0.15, 0.2) is 53.7 Å². The van der Waals surface area contributed by atoms with Crippen molar-refractivity contribution in [2.75, 3.05) is 26.3 Å². The number of hydrogen-bond donors (Lipinski definition) is 0. The second-order valence-corrected chi connectivity index (χ2v) is 7.65. The highest BCUT2D eigenvalue weighted by atomic mass is 35.5. The first kappa shape index (κ1) is 19.9. The fourth-order valence-electron chi connectivity index (χ4n) is 3.44. The minimum Gasteiger partial charge on any atom is -0.391 e. The molecule has 1 aromatic heterocycles. The minimum absolute atomic E-state index is 0.416. The monoisotopic (exact) mass is 412 g/mol.